The highest BCUT2D eigenvalue weighted by atomic mass is 32.2. The van der Waals surface area contributed by atoms with Crippen LogP contribution >= 0.6 is 0 Å². The monoisotopic (exact) mass is 344 g/mol. The summed E-state index contributed by atoms with van der Waals surface area (Å²) in [4.78, 5) is 12.3. The van der Waals surface area contributed by atoms with Gasteiger partial charge in [-0.1, -0.05) is 29.8 Å². The summed E-state index contributed by atoms with van der Waals surface area (Å²) in [7, 11) is -3.27. The number of amides is 1. The van der Waals surface area contributed by atoms with Crippen LogP contribution in [0.4, 0.5) is 5.69 Å². The number of nitrogens with zero attached hydrogens (tertiary/aromatic N) is 1. The van der Waals surface area contributed by atoms with Crippen molar-refractivity contribution < 1.29 is 13.2 Å². The molecule has 0 saturated heterocycles. The van der Waals surface area contributed by atoms with E-state index in [0.29, 0.717) is 30.8 Å². The molecule has 3 rings (SSSR count). The van der Waals surface area contributed by atoms with E-state index in [2.05, 4.69) is 5.32 Å². The largest absolute Gasteiger partial charge is 0.348 e. The van der Waals surface area contributed by atoms with E-state index in [4.69, 9.17) is 0 Å². The molecule has 2 aromatic rings. The first-order chi connectivity index (χ1) is 11.3. The van der Waals surface area contributed by atoms with Gasteiger partial charge in [0, 0.05) is 18.7 Å². The van der Waals surface area contributed by atoms with Crippen LogP contribution < -0.4 is 9.62 Å². The van der Waals surface area contributed by atoms with Crippen LogP contribution in [0.15, 0.2) is 42.5 Å². The average Bonchev–Trinajstić information content (AvgIpc) is 2.96. The Morgan fingerprint density at radius 1 is 1.21 bits per heavy atom. The second-order valence-corrected chi connectivity index (χ2v) is 8.01. The van der Waals surface area contributed by atoms with Gasteiger partial charge in [-0.15, -0.1) is 0 Å². The Labute approximate surface area is 142 Å². The summed E-state index contributed by atoms with van der Waals surface area (Å²) in [6, 6.07) is 13.2. The van der Waals surface area contributed by atoms with E-state index in [9.17, 15) is 13.2 Å². The zero-order valence-corrected chi connectivity index (χ0v) is 14.6. The van der Waals surface area contributed by atoms with Gasteiger partial charge in [-0.3, -0.25) is 9.10 Å². The average molecular weight is 344 g/mol. The van der Waals surface area contributed by atoms with Crippen LogP contribution in [0.1, 0.15) is 27.0 Å². The van der Waals surface area contributed by atoms with E-state index in [1.807, 2.05) is 31.2 Å². The van der Waals surface area contributed by atoms with Gasteiger partial charge < -0.3 is 5.32 Å². The molecule has 0 aromatic heterocycles. The minimum absolute atomic E-state index is 0.155. The molecular weight excluding hydrogens is 324 g/mol. The maximum Gasteiger partial charge on any atom is 0.251 e. The highest BCUT2D eigenvalue weighted by Crippen LogP contribution is 2.30. The molecule has 0 fully saturated rings. The molecule has 0 aliphatic carbocycles. The topological polar surface area (TPSA) is 66.5 Å². The van der Waals surface area contributed by atoms with Crippen molar-refractivity contribution in [2.45, 2.75) is 19.9 Å². The Hall–Kier alpha value is -2.34. The predicted molar refractivity (Wildman–Crippen MR) is 94.7 cm³/mol. The third-order valence-corrected chi connectivity index (χ3v) is 5.31. The summed E-state index contributed by atoms with van der Waals surface area (Å²) in [6.07, 6.45) is 1.83. The number of benzene rings is 2. The minimum Gasteiger partial charge on any atom is -0.348 e. The molecule has 2 aromatic carbocycles. The highest BCUT2D eigenvalue weighted by molar-refractivity contribution is 7.92. The molecule has 0 bridgehead atoms. The van der Waals surface area contributed by atoms with Gasteiger partial charge in [-0.2, -0.15) is 0 Å². The van der Waals surface area contributed by atoms with Crippen LogP contribution in [0.2, 0.25) is 0 Å². The van der Waals surface area contributed by atoms with Crippen LogP contribution in [0, 0.1) is 6.92 Å². The standard InChI is InChI=1S/C18H20N2O3S/c1-13-4-3-5-14(10-13)12-19-18(21)16-6-7-17-15(11-16)8-9-20(17)24(2,22)23/h3-7,10-11H,8-9,12H2,1-2H3,(H,19,21). The number of carbonyl (C=O) groups excluding carboxylic acids is 1. The van der Waals surface area contributed by atoms with E-state index in [1.165, 1.54) is 10.6 Å². The smallest absolute Gasteiger partial charge is 0.251 e. The Bertz CT molecular complexity index is 891. The lowest BCUT2D eigenvalue weighted by Crippen LogP contribution is -2.27. The molecule has 1 aliphatic heterocycles. The van der Waals surface area contributed by atoms with Gasteiger partial charge in [0.15, 0.2) is 0 Å². The third kappa shape index (κ3) is 3.43. The molecule has 1 aliphatic rings. The fourth-order valence-electron chi connectivity index (χ4n) is 2.96. The van der Waals surface area contributed by atoms with Crippen LogP contribution in [-0.4, -0.2) is 27.1 Å². The number of carbonyl (C=O) groups is 1. The SMILES string of the molecule is Cc1cccc(CNC(=O)c2ccc3c(c2)CCN3S(C)(=O)=O)c1. The van der Waals surface area contributed by atoms with Gasteiger partial charge in [0.25, 0.3) is 5.91 Å². The zero-order chi connectivity index (χ0) is 17.3. The number of hydrogen-bond acceptors (Lipinski definition) is 3. The molecule has 24 heavy (non-hydrogen) atoms. The second kappa shape index (κ2) is 6.28. The van der Waals surface area contributed by atoms with Gasteiger partial charge in [-0.05, 0) is 42.7 Å². The molecule has 1 heterocycles. The van der Waals surface area contributed by atoms with Crippen molar-refractivity contribution in [3.8, 4) is 0 Å². The maximum absolute atomic E-state index is 12.3. The molecular formula is C18H20N2O3S. The molecule has 0 unspecified atom stereocenters. The number of fused-ring (bicyclic) bond motifs is 1. The van der Waals surface area contributed by atoms with Crippen molar-refractivity contribution in [1.29, 1.82) is 0 Å². The van der Waals surface area contributed by atoms with E-state index in [-0.39, 0.29) is 5.91 Å². The van der Waals surface area contributed by atoms with Gasteiger partial charge >= 0.3 is 0 Å². The summed E-state index contributed by atoms with van der Waals surface area (Å²) < 4.78 is 24.9. The van der Waals surface area contributed by atoms with E-state index in [0.717, 1.165) is 16.7 Å². The lowest BCUT2D eigenvalue weighted by atomic mass is 10.1. The number of nitrogens with one attached hydrogen (secondary N) is 1. The lowest BCUT2D eigenvalue weighted by molar-refractivity contribution is 0.0951. The summed E-state index contributed by atoms with van der Waals surface area (Å²) in [5.74, 6) is -0.155. The van der Waals surface area contributed by atoms with E-state index >= 15 is 0 Å². The first kappa shape index (κ1) is 16.5. The van der Waals surface area contributed by atoms with Crippen LogP contribution in [0.5, 0.6) is 0 Å². The third-order valence-electron chi connectivity index (χ3n) is 4.13. The molecule has 0 atom stereocenters. The number of rotatable bonds is 4. The first-order valence-corrected chi connectivity index (χ1v) is 9.64. The van der Waals surface area contributed by atoms with Crippen molar-refractivity contribution in [1.82, 2.24) is 5.32 Å². The lowest BCUT2D eigenvalue weighted by Gasteiger charge is -2.16. The maximum atomic E-state index is 12.3. The van der Waals surface area contributed by atoms with Crippen LogP contribution in [-0.2, 0) is 23.0 Å². The first-order valence-electron chi connectivity index (χ1n) is 7.79. The van der Waals surface area contributed by atoms with Gasteiger partial charge in [-0.25, -0.2) is 8.42 Å². The number of hydrogen-bond donors (Lipinski definition) is 1. The quantitative estimate of drug-likeness (QED) is 0.925. The van der Waals surface area contributed by atoms with Gasteiger partial charge in [0.2, 0.25) is 10.0 Å². The molecule has 1 amide bonds. The molecule has 5 nitrogen and oxygen atoms in total. The number of aryl methyl sites for hydroxylation is 1. The van der Waals surface area contributed by atoms with Gasteiger partial charge in [0.05, 0.1) is 11.9 Å². The normalized spacial score (nSPS) is 13.7. The highest BCUT2D eigenvalue weighted by Gasteiger charge is 2.26. The molecule has 0 radical (unpaired) electrons. The number of sulfonamides is 1. The fourth-order valence-corrected chi connectivity index (χ4v) is 3.92. The summed E-state index contributed by atoms with van der Waals surface area (Å²) >= 11 is 0. The van der Waals surface area contributed by atoms with Crippen LogP contribution in [0.3, 0.4) is 0 Å². The Balaban J connectivity index is 1.73. The Morgan fingerprint density at radius 2 is 2.00 bits per heavy atom. The minimum atomic E-state index is -3.27. The van der Waals surface area contributed by atoms with Crippen molar-refractivity contribution in [3.05, 3.63) is 64.7 Å². The van der Waals surface area contributed by atoms with E-state index in [1.54, 1.807) is 18.2 Å². The van der Waals surface area contributed by atoms with Crippen LogP contribution in [0.25, 0.3) is 0 Å². The predicted octanol–water partition coefficient (Wildman–Crippen LogP) is 2.25. The zero-order valence-electron chi connectivity index (χ0n) is 13.7. The summed E-state index contributed by atoms with van der Waals surface area (Å²) in [5.41, 5.74) is 4.32. The molecule has 0 saturated carbocycles. The van der Waals surface area contributed by atoms with Crippen molar-refractivity contribution in [2.75, 3.05) is 17.1 Å². The Morgan fingerprint density at radius 3 is 2.71 bits per heavy atom. The molecule has 126 valence electrons. The fraction of sp³-hybridized carbons (Fsp3) is 0.278. The molecule has 6 heteroatoms. The summed E-state index contributed by atoms with van der Waals surface area (Å²) in [5, 5.41) is 2.90. The molecule has 1 N–H and O–H groups in total. The van der Waals surface area contributed by atoms with Crippen molar-refractivity contribution in [3.63, 3.8) is 0 Å². The number of anilines is 1. The van der Waals surface area contributed by atoms with E-state index < -0.39 is 10.0 Å². The second-order valence-electron chi connectivity index (χ2n) is 6.10. The Kier molecular flexibility index (Phi) is 4.32. The molecule has 0 spiro atoms. The van der Waals surface area contributed by atoms with Crippen molar-refractivity contribution >= 4 is 21.6 Å². The summed E-state index contributed by atoms with van der Waals surface area (Å²) in [6.45, 7) is 2.91. The van der Waals surface area contributed by atoms with Gasteiger partial charge in [0.1, 0.15) is 0 Å². The van der Waals surface area contributed by atoms with Crippen molar-refractivity contribution in [2.24, 2.45) is 0 Å².